The number of likely N-dealkylation sites (tertiary alicyclic amines) is 1. The molecule has 0 aliphatic carbocycles. The first-order valence-electron chi connectivity index (χ1n) is 5.87. The van der Waals surface area contributed by atoms with Gasteiger partial charge in [0.05, 0.1) is 0 Å². The summed E-state index contributed by atoms with van der Waals surface area (Å²) in [5.41, 5.74) is 6.87. The molecule has 2 nitrogen and oxygen atoms in total. The van der Waals surface area contributed by atoms with Crippen molar-refractivity contribution >= 4 is 0 Å². The summed E-state index contributed by atoms with van der Waals surface area (Å²) < 4.78 is 12.8. The van der Waals surface area contributed by atoms with Gasteiger partial charge in [0, 0.05) is 19.1 Å². The van der Waals surface area contributed by atoms with Gasteiger partial charge in [-0.1, -0.05) is 12.1 Å². The van der Waals surface area contributed by atoms with Gasteiger partial charge in [0.25, 0.3) is 0 Å². The van der Waals surface area contributed by atoms with E-state index in [0.717, 1.165) is 19.6 Å². The smallest absolute Gasteiger partial charge is 0.123 e. The van der Waals surface area contributed by atoms with E-state index in [0.29, 0.717) is 12.0 Å². The van der Waals surface area contributed by atoms with Crippen molar-refractivity contribution in [3.63, 3.8) is 0 Å². The second kappa shape index (κ2) is 4.93. The molecule has 0 spiro atoms. The molecule has 3 heteroatoms. The van der Waals surface area contributed by atoms with Crippen molar-refractivity contribution < 1.29 is 4.39 Å². The van der Waals surface area contributed by atoms with Crippen molar-refractivity contribution in [3.8, 4) is 0 Å². The maximum Gasteiger partial charge on any atom is 0.123 e. The van der Waals surface area contributed by atoms with Crippen molar-refractivity contribution in [2.45, 2.75) is 25.9 Å². The van der Waals surface area contributed by atoms with Crippen LogP contribution >= 0.6 is 0 Å². The number of halogens is 1. The Kier molecular flexibility index (Phi) is 3.56. The summed E-state index contributed by atoms with van der Waals surface area (Å²) in [6.07, 6.45) is 1.18. The standard InChI is InChI=1S/C13H19FN2/c1-10-6-12(7-15)9-16(10)8-11-2-4-13(14)5-3-11/h2-5,10,12H,6-9,15H2,1H3. The third-order valence-electron chi connectivity index (χ3n) is 3.42. The normalized spacial score (nSPS) is 26.2. The zero-order valence-electron chi connectivity index (χ0n) is 9.70. The first-order valence-corrected chi connectivity index (χ1v) is 5.87. The fourth-order valence-electron chi connectivity index (χ4n) is 2.43. The minimum Gasteiger partial charge on any atom is -0.330 e. The molecule has 1 aromatic rings. The van der Waals surface area contributed by atoms with Gasteiger partial charge in [0.2, 0.25) is 0 Å². The van der Waals surface area contributed by atoms with Crippen LogP contribution in [0.2, 0.25) is 0 Å². The lowest BCUT2D eigenvalue weighted by Gasteiger charge is -2.20. The first kappa shape index (κ1) is 11.6. The van der Waals surface area contributed by atoms with Gasteiger partial charge in [0.15, 0.2) is 0 Å². The summed E-state index contributed by atoms with van der Waals surface area (Å²) >= 11 is 0. The molecule has 16 heavy (non-hydrogen) atoms. The molecule has 0 aromatic heterocycles. The van der Waals surface area contributed by atoms with Crippen LogP contribution in [0.4, 0.5) is 4.39 Å². The van der Waals surface area contributed by atoms with Crippen LogP contribution in [0.5, 0.6) is 0 Å². The quantitative estimate of drug-likeness (QED) is 0.847. The zero-order chi connectivity index (χ0) is 11.5. The second-order valence-electron chi connectivity index (χ2n) is 4.74. The Balaban J connectivity index is 1.97. The molecule has 2 rings (SSSR count). The number of nitrogens with zero attached hydrogens (tertiary/aromatic N) is 1. The highest BCUT2D eigenvalue weighted by molar-refractivity contribution is 5.16. The molecular formula is C13H19FN2. The third-order valence-corrected chi connectivity index (χ3v) is 3.42. The Hall–Kier alpha value is -0.930. The van der Waals surface area contributed by atoms with Gasteiger partial charge >= 0.3 is 0 Å². The number of rotatable bonds is 3. The highest BCUT2D eigenvalue weighted by Crippen LogP contribution is 2.23. The zero-order valence-corrected chi connectivity index (χ0v) is 9.70. The van der Waals surface area contributed by atoms with E-state index in [1.165, 1.54) is 24.1 Å². The van der Waals surface area contributed by atoms with Crippen molar-refractivity contribution in [2.75, 3.05) is 13.1 Å². The predicted molar refractivity (Wildman–Crippen MR) is 63.4 cm³/mol. The van der Waals surface area contributed by atoms with E-state index in [1.807, 2.05) is 12.1 Å². The van der Waals surface area contributed by atoms with Gasteiger partial charge in [-0.2, -0.15) is 0 Å². The number of nitrogens with two attached hydrogens (primary N) is 1. The van der Waals surface area contributed by atoms with Crippen LogP contribution < -0.4 is 5.73 Å². The fraction of sp³-hybridized carbons (Fsp3) is 0.538. The number of hydrogen-bond donors (Lipinski definition) is 1. The van der Waals surface area contributed by atoms with E-state index in [-0.39, 0.29) is 5.82 Å². The fourth-order valence-corrected chi connectivity index (χ4v) is 2.43. The maximum absolute atomic E-state index is 12.8. The van der Waals surface area contributed by atoms with Crippen molar-refractivity contribution in [1.82, 2.24) is 4.90 Å². The van der Waals surface area contributed by atoms with Gasteiger partial charge in [0.1, 0.15) is 5.82 Å². The van der Waals surface area contributed by atoms with E-state index in [2.05, 4.69) is 11.8 Å². The van der Waals surface area contributed by atoms with Gasteiger partial charge in [-0.3, -0.25) is 4.90 Å². The average molecular weight is 222 g/mol. The van der Waals surface area contributed by atoms with E-state index in [4.69, 9.17) is 5.73 Å². The molecule has 1 saturated heterocycles. The van der Waals surface area contributed by atoms with E-state index < -0.39 is 0 Å². The Bertz CT molecular complexity index is 336. The van der Waals surface area contributed by atoms with Gasteiger partial charge in [-0.05, 0) is 43.5 Å². The molecule has 1 fully saturated rings. The topological polar surface area (TPSA) is 29.3 Å². The van der Waals surface area contributed by atoms with Crippen LogP contribution in [-0.4, -0.2) is 24.0 Å². The van der Waals surface area contributed by atoms with E-state index in [9.17, 15) is 4.39 Å². The maximum atomic E-state index is 12.8. The van der Waals surface area contributed by atoms with Crippen LogP contribution in [-0.2, 0) is 6.54 Å². The van der Waals surface area contributed by atoms with Gasteiger partial charge in [-0.15, -0.1) is 0 Å². The van der Waals surface area contributed by atoms with Gasteiger partial charge in [-0.25, -0.2) is 4.39 Å². The molecule has 1 heterocycles. The molecule has 0 amide bonds. The molecule has 2 atom stereocenters. The average Bonchev–Trinajstić information content (AvgIpc) is 2.63. The van der Waals surface area contributed by atoms with Crippen LogP contribution in [0.25, 0.3) is 0 Å². The predicted octanol–water partition coefficient (Wildman–Crippen LogP) is 1.99. The Morgan fingerprint density at radius 1 is 1.38 bits per heavy atom. The molecule has 0 radical (unpaired) electrons. The third kappa shape index (κ3) is 2.60. The van der Waals surface area contributed by atoms with Crippen molar-refractivity contribution in [2.24, 2.45) is 11.7 Å². The summed E-state index contributed by atoms with van der Waals surface area (Å²) in [5, 5.41) is 0. The lowest BCUT2D eigenvalue weighted by atomic mass is 10.1. The minimum absolute atomic E-state index is 0.168. The summed E-state index contributed by atoms with van der Waals surface area (Å²) in [6, 6.07) is 7.35. The Morgan fingerprint density at radius 3 is 2.62 bits per heavy atom. The lowest BCUT2D eigenvalue weighted by Crippen LogP contribution is -2.27. The molecule has 0 saturated carbocycles. The first-order chi connectivity index (χ1) is 7.69. The van der Waals surface area contributed by atoms with Crippen molar-refractivity contribution in [1.29, 1.82) is 0 Å². The molecule has 0 bridgehead atoms. The summed E-state index contributed by atoms with van der Waals surface area (Å²) in [6.45, 7) is 4.97. The summed E-state index contributed by atoms with van der Waals surface area (Å²) in [7, 11) is 0. The molecule has 2 unspecified atom stereocenters. The summed E-state index contributed by atoms with van der Waals surface area (Å²) in [4.78, 5) is 2.42. The molecule has 1 aromatic carbocycles. The molecule has 2 N–H and O–H groups in total. The molecule has 1 aliphatic rings. The molecular weight excluding hydrogens is 203 g/mol. The van der Waals surface area contributed by atoms with Crippen LogP contribution in [0.3, 0.4) is 0 Å². The lowest BCUT2D eigenvalue weighted by molar-refractivity contribution is 0.256. The highest BCUT2D eigenvalue weighted by atomic mass is 19.1. The van der Waals surface area contributed by atoms with E-state index in [1.54, 1.807) is 0 Å². The number of benzene rings is 1. The highest BCUT2D eigenvalue weighted by Gasteiger charge is 2.27. The van der Waals surface area contributed by atoms with E-state index >= 15 is 0 Å². The number of hydrogen-bond acceptors (Lipinski definition) is 2. The Morgan fingerprint density at radius 2 is 2.06 bits per heavy atom. The Labute approximate surface area is 96.2 Å². The molecule has 1 aliphatic heterocycles. The minimum atomic E-state index is -0.168. The summed E-state index contributed by atoms with van der Waals surface area (Å²) in [5.74, 6) is 0.452. The van der Waals surface area contributed by atoms with Gasteiger partial charge < -0.3 is 5.73 Å². The van der Waals surface area contributed by atoms with Crippen LogP contribution in [0, 0.1) is 11.7 Å². The molecule has 88 valence electrons. The van der Waals surface area contributed by atoms with Crippen LogP contribution in [0.1, 0.15) is 18.9 Å². The van der Waals surface area contributed by atoms with Crippen LogP contribution in [0.15, 0.2) is 24.3 Å². The van der Waals surface area contributed by atoms with Crippen molar-refractivity contribution in [3.05, 3.63) is 35.6 Å². The SMILES string of the molecule is CC1CC(CN)CN1Cc1ccc(F)cc1. The monoisotopic (exact) mass is 222 g/mol. The largest absolute Gasteiger partial charge is 0.330 e. The second-order valence-corrected chi connectivity index (χ2v) is 4.74.